The lowest BCUT2D eigenvalue weighted by molar-refractivity contribution is 0.0680. The van der Waals surface area contributed by atoms with Crippen molar-refractivity contribution in [2.75, 3.05) is 32.1 Å². The first-order valence-electron chi connectivity index (χ1n) is 11.2. The predicted molar refractivity (Wildman–Crippen MR) is 118 cm³/mol. The maximum atomic E-state index is 10.2. The molecule has 0 amide bonds. The number of aliphatic hydroxyl groups is 1. The minimum atomic E-state index is 0.194. The molecule has 29 heavy (non-hydrogen) atoms. The standard InChI is InChI=1S/C23H34N2O3S/c1-3-27-20-11-15-9-10-25-22(18(15)12-21(20)28-4-2)16(13-26)14-29-23(25)17-7-5-6-8-19(17)24/h11-12,16-17,22-24,26H,3-10,13-14H2,1-2H3. The minimum Gasteiger partial charge on any atom is -0.490 e. The lowest BCUT2D eigenvalue weighted by Gasteiger charge is -2.51. The summed E-state index contributed by atoms with van der Waals surface area (Å²) in [6.45, 7) is 6.40. The first-order chi connectivity index (χ1) is 14.2. The van der Waals surface area contributed by atoms with Crippen LogP contribution in [0.4, 0.5) is 0 Å². The Morgan fingerprint density at radius 1 is 1.14 bits per heavy atom. The second-order valence-corrected chi connectivity index (χ2v) is 9.49. The van der Waals surface area contributed by atoms with E-state index < -0.39 is 0 Å². The van der Waals surface area contributed by atoms with Crippen LogP contribution in [0.2, 0.25) is 0 Å². The summed E-state index contributed by atoms with van der Waals surface area (Å²) in [5.74, 6) is 3.15. The van der Waals surface area contributed by atoms with Gasteiger partial charge in [0.2, 0.25) is 0 Å². The molecule has 3 aliphatic rings. The molecule has 0 spiro atoms. The van der Waals surface area contributed by atoms with Crippen LogP contribution in [-0.2, 0) is 6.42 Å². The van der Waals surface area contributed by atoms with Gasteiger partial charge in [0.05, 0.1) is 18.6 Å². The molecule has 4 atom stereocenters. The number of thioether (sulfide) groups is 1. The van der Waals surface area contributed by atoms with Crippen LogP contribution in [0.3, 0.4) is 0 Å². The molecule has 2 N–H and O–H groups in total. The number of rotatable bonds is 6. The lowest BCUT2D eigenvalue weighted by Crippen LogP contribution is -2.53. The summed E-state index contributed by atoms with van der Waals surface area (Å²) >= 11 is 1.96. The first-order valence-corrected chi connectivity index (χ1v) is 12.2. The quantitative estimate of drug-likeness (QED) is 0.722. The molecule has 1 saturated heterocycles. The number of aliphatic hydroxyl groups excluding tert-OH is 1. The van der Waals surface area contributed by atoms with Gasteiger partial charge >= 0.3 is 0 Å². The number of ether oxygens (including phenoxy) is 2. The fourth-order valence-corrected chi connectivity index (χ4v) is 6.98. The highest BCUT2D eigenvalue weighted by Crippen LogP contribution is 2.49. The van der Waals surface area contributed by atoms with Crippen molar-refractivity contribution < 1.29 is 14.6 Å². The second kappa shape index (κ2) is 9.27. The van der Waals surface area contributed by atoms with Crippen molar-refractivity contribution in [3.05, 3.63) is 23.3 Å². The Balaban J connectivity index is 1.70. The molecule has 6 heteroatoms. The van der Waals surface area contributed by atoms with Crippen LogP contribution in [-0.4, -0.2) is 53.2 Å². The van der Waals surface area contributed by atoms with E-state index in [4.69, 9.17) is 14.9 Å². The molecule has 160 valence electrons. The number of hydrogen-bond acceptors (Lipinski definition) is 6. The number of fused-ring (bicyclic) bond motifs is 3. The topological polar surface area (TPSA) is 65.8 Å². The molecule has 1 aliphatic carbocycles. The number of benzene rings is 1. The summed E-state index contributed by atoms with van der Waals surface area (Å²) in [6, 6.07) is 4.52. The zero-order chi connectivity index (χ0) is 20.4. The van der Waals surface area contributed by atoms with E-state index in [-0.39, 0.29) is 18.6 Å². The maximum absolute atomic E-state index is 10.2. The Hall–Kier alpha value is -1.24. The van der Waals surface area contributed by atoms with Crippen LogP contribution in [0.15, 0.2) is 12.1 Å². The van der Waals surface area contributed by atoms with Crippen molar-refractivity contribution in [2.45, 2.75) is 57.4 Å². The molecule has 4 unspecified atom stereocenters. The first kappa shape index (κ1) is 21.0. The van der Waals surface area contributed by atoms with Gasteiger partial charge in [0.1, 0.15) is 0 Å². The van der Waals surface area contributed by atoms with Gasteiger partial charge in [-0.2, -0.15) is 0 Å². The fourth-order valence-electron chi connectivity index (χ4n) is 5.29. The lowest BCUT2D eigenvalue weighted by atomic mass is 9.81. The van der Waals surface area contributed by atoms with Crippen LogP contribution in [0.5, 0.6) is 11.5 Å². The third-order valence-electron chi connectivity index (χ3n) is 6.61. The van der Waals surface area contributed by atoms with Crippen molar-refractivity contribution in [3.8, 4) is 11.5 Å². The molecule has 1 saturated carbocycles. The van der Waals surface area contributed by atoms with Crippen LogP contribution >= 0.6 is 11.8 Å². The molecule has 1 aromatic carbocycles. The monoisotopic (exact) mass is 418 g/mol. The molecule has 2 fully saturated rings. The van der Waals surface area contributed by atoms with E-state index >= 15 is 0 Å². The second-order valence-electron chi connectivity index (χ2n) is 8.34. The molecular formula is C23H34N2O3S. The normalized spacial score (nSPS) is 29.8. The summed E-state index contributed by atoms with van der Waals surface area (Å²) in [5, 5.41) is 19.1. The summed E-state index contributed by atoms with van der Waals surface area (Å²) < 4.78 is 11.8. The largest absolute Gasteiger partial charge is 0.490 e. The maximum Gasteiger partial charge on any atom is 0.161 e. The van der Waals surface area contributed by atoms with Gasteiger partial charge in [0.15, 0.2) is 11.5 Å². The SMILES string of the molecule is CCOc1cc2c(cc1OCC)C1C(CO)CSC(C3CCCCC3=N)N1CC2. The summed E-state index contributed by atoms with van der Waals surface area (Å²) in [7, 11) is 0. The smallest absolute Gasteiger partial charge is 0.161 e. The third-order valence-corrected chi connectivity index (χ3v) is 8.17. The van der Waals surface area contributed by atoms with E-state index in [0.29, 0.717) is 24.5 Å². The summed E-state index contributed by atoms with van der Waals surface area (Å²) in [6.07, 6.45) is 5.45. The van der Waals surface area contributed by atoms with Gasteiger partial charge in [0, 0.05) is 42.5 Å². The van der Waals surface area contributed by atoms with E-state index in [1.807, 2.05) is 25.6 Å². The molecule has 2 heterocycles. The highest BCUT2D eigenvalue weighted by Gasteiger charge is 2.45. The van der Waals surface area contributed by atoms with Crippen LogP contribution < -0.4 is 9.47 Å². The third kappa shape index (κ3) is 4.04. The minimum absolute atomic E-state index is 0.194. The van der Waals surface area contributed by atoms with Gasteiger partial charge < -0.3 is 20.0 Å². The average Bonchev–Trinajstić information content (AvgIpc) is 2.74. The van der Waals surface area contributed by atoms with Crippen molar-refractivity contribution >= 4 is 17.5 Å². The molecule has 0 aromatic heterocycles. The highest BCUT2D eigenvalue weighted by molar-refractivity contribution is 7.99. The zero-order valence-corrected chi connectivity index (χ0v) is 18.5. The number of nitrogens with one attached hydrogen (secondary N) is 1. The van der Waals surface area contributed by atoms with E-state index in [9.17, 15) is 5.11 Å². The van der Waals surface area contributed by atoms with Gasteiger partial charge in [-0.25, -0.2) is 0 Å². The molecule has 0 radical (unpaired) electrons. The van der Waals surface area contributed by atoms with Gasteiger partial charge in [0.25, 0.3) is 0 Å². The zero-order valence-electron chi connectivity index (χ0n) is 17.7. The van der Waals surface area contributed by atoms with Crippen molar-refractivity contribution in [1.82, 2.24) is 4.90 Å². The molecule has 4 rings (SSSR count). The molecule has 1 aromatic rings. The highest BCUT2D eigenvalue weighted by atomic mass is 32.2. The number of hydrogen-bond donors (Lipinski definition) is 2. The molecule has 0 bridgehead atoms. The van der Waals surface area contributed by atoms with Crippen molar-refractivity contribution in [1.29, 1.82) is 5.41 Å². The molecular weight excluding hydrogens is 384 g/mol. The molecule has 2 aliphatic heterocycles. The van der Waals surface area contributed by atoms with E-state index in [1.165, 1.54) is 17.5 Å². The summed E-state index contributed by atoms with van der Waals surface area (Å²) in [5.41, 5.74) is 3.54. The van der Waals surface area contributed by atoms with Crippen molar-refractivity contribution in [3.63, 3.8) is 0 Å². The summed E-state index contributed by atoms with van der Waals surface area (Å²) in [4.78, 5) is 2.60. The van der Waals surface area contributed by atoms with E-state index in [1.54, 1.807) is 0 Å². The Morgan fingerprint density at radius 3 is 2.59 bits per heavy atom. The van der Waals surface area contributed by atoms with Gasteiger partial charge in [-0.3, -0.25) is 4.90 Å². The Bertz CT molecular complexity index is 741. The van der Waals surface area contributed by atoms with Crippen LogP contribution in [0.1, 0.15) is 56.7 Å². The van der Waals surface area contributed by atoms with E-state index in [0.717, 1.165) is 55.2 Å². The van der Waals surface area contributed by atoms with Gasteiger partial charge in [-0.1, -0.05) is 6.42 Å². The number of nitrogens with zero attached hydrogens (tertiary/aromatic N) is 1. The Labute approximate surface area is 178 Å². The van der Waals surface area contributed by atoms with Gasteiger partial charge in [-0.15, -0.1) is 11.8 Å². The van der Waals surface area contributed by atoms with Crippen LogP contribution in [0, 0.1) is 17.2 Å². The Morgan fingerprint density at radius 2 is 1.90 bits per heavy atom. The molecule has 5 nitrogen and oxygen atoms in total. The Kier molecular flexibility index (Phi) is 6.72. The fraction of sp³-hybridized carbons (Fsp3) is 0.696. The van der Waals surface area contributed by atoms with Crippen LogP contribution in [0.25, 0.3) is 0 Å². The van der Waals surface area contributed by atoms with Crippen molar-refractivity contribution in [2.24, 2.45) is 11.8 Å². The van der Waals surface area contributed by atoms with E-state index in [2.05, 4.69) is 17.0 Å². The predicted octanol–water partition coefficient (Wildman–Crippen LogP) is 4.27. The average molecular weight is 419 g/mol. The van der Waals surface area contributed by atoms with Gasteiger partial charge in [-0.05, 0) is 62.8 Å².